The molecule has 0 aliphatic carbocycles. The third-order valence-corrected chi connectivity index (χ3v) is 6.31. The monoisotopic (exact) mass is 468 g/mol. The third kappa shape index (κ3) is 4.85. The molecule has 5 nitrogen and oxygen atoms in total. The van der Waals surface area contributed by atoms with Crippen LogP contribution in [0.25, 0.3) is 5.57 Å². The molecule has 3 aromatic carbocycles. The van der Waals surface area contributed by atoms with Crippen molar-refractivity contribution in [2.75, 3.05) is 16.8 Å². The van der Waals surface area contributed by atoms with Gasteiger partial charge in [0.15, 0.2) is 0 Å². The number of aryl methyl sites for hydroxylation is 2. The number of carbonyl (C=O) groups is 2. The van der Waals surface area contributed by atoms with Gasteiger partial charge in [-0.25, -0.2) is 4.90 Å². The number of amides is 2. The van der Waals surface area contributed by atoms with Crippen molar-refractivity contribution in [3.63, 3.8) is 0 Å². The lowest BCUT2D eigenvalue weighted by Crippen LogP contribution is -2.32. The minimum atomic E-state index is -0.382. The van der Waals surface area contributed by atoms with E-state index in [0.29, 0.717) is 29.2 Å². The predicted molar refractivity (Wildman–Crippen MR) is 142 cm³/mol. The first-order valence-corrected chi connectivity index (χ1v) is 11.9. The summed E-state index contributed by atoms with van der Waals surface area (Å²) in [6.45, 7) is 13.0. The van der Waals surface area contributed by atoms with E-state index in [4.69, 9.17) is 4.74 Å². The standard InChI is InChI=1S/C30H32N2O3/c1-7-35-25-16-14-24(15-17-25)32-28(33)26(21-9-8-19(2)20(3)18-21)27(29(32)34)31-23-12-10-22(11-13-23)30(4,5)6/h8-18,31H,7H2,1-6H3. The Morgan fingerprint density at radius 2 is 1.49 bits per heavy atom. The highest BCUT2D eigenvalue weighted by Gasteiger charge is 2.40. The molecule has 0 atom stereocenters. The van der Waals surface area contributed by atoms with Crippen LogP contribution in [0.5, 0.6) is 5.75 Å². The van der Waals surface area contributed by atoms with Gasteiger partial charge in [-0.15, -0.1) is 0 Å². The molecule has 0 aromatic heterocycles. The molecule has 0 fully saturated rings. The number of nitrogens with zero attached hydrogens (tertiary/aromatic N) is 1. The number of nitrogens with one attached hydrogen (secondary N) is 1. The molecule has 3 aromatic rings. The lowest BCUT2D eigenvalue weighted by molar-refractivity contribution is -0.120. The fourth-order valence-electron chi connectivity index (χ4n) is 4.10. The third-order valence-electron chi connectivity index (χ3n) is 6.31. The van der Waals surface area contributed by atoms with Crippen LogP contribution in [0.4, 0.5) is 11.4 Å². The average Bonchev–Trinajstić information content (AvgIpc) is 3.05. The lowest BCUT2D eigenvalue weighted by atomic mass is 9.87. The first-order chi connectivity index (χ1) is 16.6. The van der Waals surface area contributed by atoms with E-state index in [1.807, 2.05) is 63.2 Å². The molecule has 180 valence electrons. The van der Waals surface area contributed by atoms with Crippen molar-refractivity contribution in [3.8, 4) is 5.75 Å². The van der Waals surface area contributed by atoms with Gasteiger partial charge in [-0.2, -0.15) is 0 Å². The lowest BCUT2D eigenvalue weighted by Gasteiger charge is -2.19. The van der Waals surface area contributed by atoms with Gasteiger partial charge in [-0.1, -0.05) is 51.1 Å². The van der Waals surface area contributed by atoms with Crippen molar-refractivity contribution in [2.45, 2.75) is 47.0 Å². The van der Waals surface area contributed by atoms with Crippen LogP contribution < -0.4 is 15.0 Å². The molecule has 1 aliphatic heterocycles. The van der Waals surface area contributed by atoms with Gasteiger partial charge in [0.25, 0.3) is 11.8 Å². The molecule has 1 aliphatic rings. The van der Waals surface area contributed by atoms with Crippen LogP contribution in [0.2, 0.25) is 0 Å². The van der Waals surface area contributed by atoms with Gasteiger partial charge in [0.2, 0.25) is 0 Å². The minimum Gasteiger partial charge on any atom is -0.494 e. The molecule has 35 heavy (non-hydrogen) atoms. The largest absolute Gasteiger partial charge is 0.494 e. The Kier molecular flexibility index (Phi) is 6.53. The summed E-state index contributed by atoms with van der Waals surface area (Å²) in [5.74, 6) is -0.0431. The Bertz CT molecular complexity index is 1300. The molecule has 0 spiro atoms. The maximum Gasteiger partial charge on any atom is 0.282 e. The molecule has 0 radical (unpaired) electrons. The first-order valence-electron chi connectivity index (χ1n) is 11.9. The summed E-state index contributed by atoms with van der Waals surface area (Å²) in [5, 5.41) is 3.26. The van der Waals surface area contributed by atoms with E-state index in [9.17, 15) is 9.59 Å². The van der Waals surface area contributed by atoms with Gasteiger partial charge in [0, 0.05) is 5.69 Å². The molecule has 4 rings (SSSR count). The van der Waals surface area contributed by atoms with Crippen molar-refractivity contribution in [2.24, 2.45) is 0 Å². The van der Waals surface area contributed by atoms with E-state index in [1.165, 1.54) is 10.5 Å². The summed E-state index contributed by atoms with van der Waals surface area (Å²) in [6, 6.07) is 20.8. The van der Waals surface area contributed by atoms with Crippen LogP contribution in [0.3, 0.4) is 0 Å². The molecule has 2 amide bonds. The number of hydrogen-bond donors (Lipinski definition) is 1. The summed E-state index contributed by atoms with van der Waals surface area (Å²) in [4.78, 5) is 28.6. The topological polar surface area (TPSA) is 58.6 Å². The summed E-state index contributed by atoms with van der Waals surface area (Å²) < 4.78 is 5.51. The summed E-state index contributed by atoms with van der Waals surface area (Å²) in [7, 11) is 0. The predicted octanol–water partition coefficient (Wildman–Crippen LogP) is 6.40. The number of rotatable bonds is 6. The van der Waals surface area contributed by atoms with Crippen molar-refractivity contribution >= 4 is 28.8 Å². The van der Waals surface area contributed by atoms with Crippen LogP contribution in [0, 0.1) is 13.8 Å². The summed E-state index contributed by atoms with van der Waals surface area (Å²) >= 11 is 0. The fourth-order valence-corrected chi connectivity index (χ4v) is 4.10. The highest BCUT2D eigenvalue weighted by atomic mass is 16.5. The van der Waals surface area contributed by atoms with E-state index in [2.05, 4.69) is 26.1 Å². The normalized spacial score (nSPS) is 14.1. The van der Waals surface area contributed by atoms with Gasteiger partial charge in [0.05, 0.1) is 17.9 Å². The molecule has 5 heteroatoms. The van der Waals surface area contributed by atoms with Gasteiger partial charge in [-0.05, 0) is 84.8 Å². The summed E-state index contributed by atoms with van der Waals surface area (Å²) in [6.07, 6.45) is 0. The van der Waals surface area contributed by atoms with Gasteiger partial charge in [-0.3, -0.25) is 9.59 Å². The van der Waals surface area contributed by atoms with Crippen LogP contribution in [0.1, 0.15) is 49.9 Å². The molecule has 0 bridgehead atoms. The Morgan fingerprint density at radius 1 is 0.829 bits per heavy atom. The second-order valence-corrected chi connectivity index (χ2v) is 9.87. The first kappa shape index (κ1) is 24.3. The number of benzene rings is 3. The second-order valence-electron chi connectivity index (χ2n) is 9.87. The Hall–Kier alpha value is -3.86. The number of carbonyl (C=O) groups excluding carboxylic acids is 2. The van der Waals surface area contributed by atoms with Crippen molar-refractivity contribution in [1.82, 2.24) is 0 Å². The molecule has 0 saturated heterocycles. The maximum absolute atomic E-state index is 13.7. The van der Waals surface area contributed by atoms with Gasteiger partial charge in [0.1, 0.15) is 11.4 Å². The molecule has 1 heterocycles. The quantitative estimate of drug-likeness (QED) is 0.426. The van der Waals surface area contributed by atoms with Gasteiger partial charge >= 0.3 is 0 Å². The van der Waals surface area contributed by atoms with E-state index in [0.717, 1.165) is 16.8 Å². The zero-order valence-corrected chi connectivity index (χ0v) is 21.2. The van der Waals surface area contributed by atoms with Crippen LogP contribution in [-0.2, 0) is 15.0 Å². The number of hydrogen-bond acceptors (Lipinski definition) is 4. The van der Waals surface area contributed by atoms with E-state index in [1.54, 1.807) is 24.3 Å². The van der Waals surface area contributed by atoms with E-state index in [-0.39, 0.29) is 22.9 Å². The molecule has 0 unspecified atom stereocenters. The highest BCUT2D eigenvalue weighted by Crippen LogP contribution is 2.35. The minimum absolute atomic E-state index is 0.0198. The average molecular weight is 469 g/mol. The van der Waals surface area contributed by atoms with Crippen molar-refractivity contribution in [3.05, 3.63) is 94.7 Å². The Labute approximate surface area is 207 Å². The molecular formula is C30H32N2O3. The Morgan fingerprint density at radius 3 is 2.06 bits per heavy atom. The van der Waals surface area contributed by atoms with Crippen LogP contribution in [0.15, 0.2) is 72.4 Å². The molecular weight excluding hydrogens is 436 g/mol. The summed E-state index contributed by atoms with van der Waals surface area (Å²) in [5.41, 5.74) is 6.01. The SMILES string of the molecule is CCOc1ccc(N2C(=O)C(Nc3ccc(C(C)(C)C)cc3)=C(c3ccc(C)c(C)c3)C2=O)cc1. The van der Waals surface area contributed by atoms with E-state index >= 15 is 0 Å². The highest BCUT2D eigenvalue weighted by molar-refractivity contribution is 6.46. The number of ether oxygens (including phenoxy) is 1. The molecule has 0 saturated carbocycles. The zero-order chi connectivity index (χ0) is 25.3. The smallest absolute Gasteiger partial charge is 0.282 e. The Balaban J connectivity index is 1.76. The zero-order valence-electron chi connectivity index (χ0n) is 21.2. The maximum atomic E-state index is 13.7. The van der Waals surface area contributed by atoms with Crippen LogP contribution in [-0.4, -0.2) is 18.4 Å². The number of anilines is 2. The fraction of sp³-hybridized carbons (Fsp3) is 0.267. The van der Waals surface area contributed by atoms with Crippen molar-refractivity contribution < 1.29 is 14.3 Å². The van der Waals surface area contributed by atoms with Crippen LogP contribution >= 0.6 is 0 Å². The van der Waals surface area contributed by atoms with Gasteiger partial charge < -0.3 is 10.1 Å². The second kappa shape index (κ2) is 9.41. The molecule has 1 N–H and O–H groups in total. The van der Waals surface area contributed by atoms with E-state index < -0.39 is 0 Å². The van der Waals surface area contributed by atoms with Crippen molar-refractivity contribution in [1.29, 1.82) is 0 Å². The number of imide groups is 1.